The van der Waals surface area contributed by atoms with Crippen LogP contribution < -0.4 is 0 Å². The van der Waals surface area contributed by atoms with Gasteiger partial charge in [-0.1, -0.05) is 13.8 Å². The van der Waals surface area contributed by atoms with Crippen molar-refractivity contribution in [3.63, 3.8) is 0 Å². The van der Waals surface area contributed by atoms with Gasteiger partial charge in [-0.05, 0) is 12.8 Å². The lowest BCUT2D eigenvalue weighted by molar-refractivity contribution is 0.278. The molecule has 1 atom stereocenters. The summed E-state index contributed by atoms with van der Waals surface area (Å²) < 4.78 is 0. The van der Waals surface area contributed by atoms with Crippen molar-refractivity contribution in [2.45, 2.75) is 39.2 Å². The summed E-state index contributed by atoms with van der Waals surface area (Å²) in [5.74, 6) is 0. The van der Waals surface area contributed by atoms with Crippen molar-refractivity contribution in [2.24, 2.45) is 5.10 Å². The molecular formula is C8H16N2. The molecule has 10 heavy (non-hydrogen) atoms. The lowest BCUT2D eigenvalue weighted by Gasteiger charge is -2.15. The molecule has 0 bridgehead atoms. The number of hydrazone groups is 1. The van der Waals surface area contributed by atoms with E-state index in [0.717, 1.165) is 6.42 Å². The summed E-state index contributed by atoms with van der Waals surface area (Å²) in [6.07, 6.45) is 3.51. The summed E-state index contributed by atoms with van der Waals surface area (Å²) in [4.78, 5) is 0. The van der Waals surface area contributed by atoms with Crippen molar-refractivity contribution in [2.75, 3.05) is 7.05 Å². The van der Waals surface area contributed by atoms with E-state index in [4.69, 9.17) is 0 Å². The first-order chi connectivity index (χ1) is 4.77. The fraction of sp³-hybridized carbons (Fsp3) is 0.875. The summed E-state index contributed by atoms with van der Waals surface area (Å²) in [7, 11) is 2.07. The second-order valence-electron chi connectivity index (χ2n) is 2.86. The van der Waals surface area contributed by atoms with Crippen LogP contribution in [0, 0.1) is 0 Å². The quantitative estimate of drug-likeness (QED) is 0.571. The van der Waals surface area contributed by atoms with Gasteiger partial charge in [-0.15, -0.1) is 0 Å². The van der Waals surface area contributed by atoms with Crippen molar-refractivity contribution in [1.82, 2.24) is 5.01 Å². The van der Waals surface area contributed by atoms with Crippen LogP contribution in [0.1, 0.15) is 33.1 Å². The van der Waals surface area contributed by atoms with Gasteiger partial charge in [0, 0.05) is 19.2 Å². The zero-order valence-electron chi connectivity index (χ0n) is 7.09. The fourth-order valence-electron chi connectivity index (χ4n) is 1.37. The van der Waals surface area contributed by atoms with Crippen LogP contribution in [0.2, 0.25) is 0 Å². The Morgan fingerprint density at radius 3 is 2.60 bits per heavy atom. The Bertz CT molecular complexity index is 140. The highest BCUT2D eigenvalue weighted by atomic mass is 15.5. The van der Waals surface area contributed by atoms with Crippen LogP contribution in [0.15, 0.2) is 5.10 Å². The van der Waals surface area contributed by atoms with Crippen molar-refractivity contribution in [3.8, 4) is 0 Å². The van der Waals surface area contributed by atoms with Crippen LogP contribution in [0.25, 0.3) is 0 Å². The van der Waals surface area contributed by atoms with Gasteiger partial charge in [0.15, 0.2) is 0 Å². The number of hydrogen-bond donors (Lipinski definition) is 0. The molecule has 0 fully saturated rings. The first-order valence-electron chi connectivity index (χ1n) is 4.07. The van der Waals surface area contributed by atoms with E-state index in [1.54, 1.807) is 0 Å². The maximum atomic E-state index is 4.41. The van der Waals surface area contributed by atoms with Crippen LogP contribution in [-0.4, -0.2) is 23.8 Å². The van der Waals surface area contributed by atoms with Gasteiger partial charge >= 0.3 is 0 Å². The Kier molecular flexibility index (Phi) is 2.30. The average Bonchev–Trinajstić information content (AvgIpc) is 2.30. The molecular weight excluding hydrogens is 124 g/mol. The molecule has 1 rings (SSSR count). The minimum Gasteiger partial charge on any atom is -0.297 e. The van der Waals surface area contributed by atoms with E-state index in [1.165, 1.54) is 18.6 Å². The molecule has 0 saturated heterocycles. The molecule has 0 aromatic carbocycles. The van der Waals surface area contributed by atoms with Crippen LogP contribution >= 0.6 is 0 Å². The normalized spacial score (nSPS) is 25.3. The molecule has 0 aliphatic carbocycles. The molecule has 0 unspecified atom stereocenters. The smallest absolute Gasteiger partial charge is 0.0517 e. The van der Waals surface area contributed by atoms with Gasteiger partial charge in [0.05, 0.1) is 6.04 Å². The summed E-state index contributed by atoms with van der Waals surface area (Å²) in [6.45, 7) is 4.39. The SMILES string of the molecule is CCC1=NN(C)[C@@H](CC)C1. The topological polar surface area (TPSA) is 15.6 Å². The summed E-state index contributed by atoms with van der Waals surface area (Å²) in [6, 6.07) is 0.676. The lowest BCUT2D eigenvalue weighted by Crippen LogP contribution is -2.20. The molecule has 0 amide bonds. The Hall–Kier alpha value is -0.530. The van der Waals surface area contributed by atoms with E-state index < -0.39 is 0 Å². The monoisotopic (exact) mass is 140 g/mol. The molecule has 0 N–H and O–H groups in total. The highest BCUT2D eigenvalue weighted by Crippen LogP contribution is 2.16. The summed E-state index contributed by atoms with van der Waals surface area (Å²) in [5.41, 5.74) is 1.36. The lowest BCUT2D eigenvalue weighted by atomic mass is 10.1. The van der Waals surface area contributed by atoms with E-state index in [0.29, 0.717) is 6.04 Å². The molecule has 0 spiro atoms. The third-order valence-corrected chi connectivity index (χ3v) is 2.18. The predicted octanol–water partition coefficient (Wildman–Crippen LogP) is 1.87. The molecule has 0 aromatic rings. The second-order valence-corrected chi connectivity index (χ2v) is 2.86. The highest BCUT2D eigenvalue weighted by molar-refractivity contribution is 5.85. The Morgan fingerprint density at radius 1 is 1.60 bits per heavy atom. The minimum atomic E-state index is 0.676. The Balaban J connectivity index is 2.49. The highest BCUT2D eigenvalue weighted by Gasteiger charge is 2.19. The van der Waals surface area contributed by atoms with Gasteiger partial charge in [-0.2, -0.15) is 5.10 Å². The van der Waals surface area contributed by atoms with E-state index in [2.05, 4.69) is 31.0 Å². The van der Waals surface area contributed by atoms with Crippen LogP contribution in [0.5, 0.6) is 0 Å². The van der Waals surface area contributed by atoms with Crippen molar-refractivity contribution < 1.29 is 0 Å². The fourth-order valence-corrected chi connectivity index (χ4v) is 1.37. The van der Waals surface area contributed by atoms with Crippen LogP contribution in [-0.2, 0) is 0 Å². The van der Waals surface area contributed by atoms with Gasteiger partial charge in [-0.25, -0.2) is 0 Å². The molecule has 1 heterocycles. The average molecular weight is 140 g/mol. The Morgan fingerprint density at radius 2 is 2.30 bits per heavy atom. The Labute approximate surface area is 62.9 Å². The standard InChI is InChI=1S/C8H16N2/c1-4-7-6-8(5-2)10(3)9-7/h8H,4-6H2,1-3H3/t8-/m0/s1. The third kappa shape index (κ3) is 1.31. The largest absolute Gasteiger partial charge is 0.297 e. The number of nitrogens with zero attached hydrogens (tertiary/aromatic N) is 2. The van der Waals surface area contributed by atoms with Crippen molar-refractivity contribution in [1.29, 1.82) is 0 Å². The van der Waals surface area contributed by atoms with Gasteiger partial charge < -0.3 is 0 Å². The first kappa shape index (κ1) is 7.58. The summed E-state index contributed by atoms with van der Waals surface area (Å²) in [5, 5.41) is 6.51. The third-order valence-electron chi connectivity index (χ3n) is 2.18. The van der Waals surface area contributed by atoms with Crippen molar-refractivity contribution >= 4 is 5.71 Å². The molecule has 0 radical (unpaired) electrons. The molecule has 1 aliphatic heterocycles. The van der Waals surface area contributed by atoms with Crippen molar-refractivity contribution in [3.05, 3.63) is 0 Å². The molecule has 2 heteroatoms. The summed E-state index contributed by atoms with van der Waals surface area (Å²) >= 11 is 0. The van der Waals surface area contributed by atoms with Gasteiger partial charge in [0.2, 0.25) is 0 Å². The zero-order chi connectivity index (χ0) is 7.56. The van der Waals surface area contributed by atoms with Crippen LogP contribution in [0.4, 0.5) is 0 Å². The predicted molar refractivity (Wildman–Crippen MR) is 44.2 cm³/mol. The van der Waals surface area contributed by atoms with Gasteiger partial charge in [0.25, 0.3) is 0 Å². The maximum absolute atomic E-state index is 4.41. The maximum Gasteiger partial charge on any atom is 0.0517 e. The van der Waals surface area contributed by atoms with E-state index >= 15 is 0 Å². The number of rotatable bonds is 2. The molecule has 0 saturated carbocycles. The van der Waals surface area contributed by atoms with Gasteiger partial charge in [0.1, 0.15) is 0 Å². The molecule has 58 valence electrons. The zero-order valence-corrected chi connectivity index (χ0v) is 7.09. The molecule has 2 nitrogen and oxygen atoms in total. The number of hydrogen-bond acceptors (Lipinski definition) is 2. The van der Waals surface area contributed by atoms with E-state index in [1.807, 2.05) is 0 Å². The second kappa shape index (κ2) is 3.04. The minimum absolute atomic E-state index is 0.676. The first-order valence-corrected chi connectivity index (χ1v) is 4.07. The molecule has 1 aliphatic rings. The van der Waals surface area contributed by atoms with E-state index in [9.17, 15) is 0 Å². The van der Waals surface area contributed by atoms with Crippen LogP contribution in [0.3, 0.4) is 0 Å². The molecule has 0 aromatic heterocycles. The van der Waals surface area contributed by atoms with Gasteiger partial charge in [-0.3, -0.25) is 5.01 Å². The van der Waals surface area contributed by atoms with E-state index in [-0.39, 0.29) is 0 Å².